The first-order chi connectivity index (χ1) is 7.09. The number of nitrogens with one attached hydrogen (secondary N) is 1. The van der Waals surface area contributed by atoms with E-state index in [1.54, 1.807) is 0 Å². The lowest BCUT2D eigenvalue weighted by Crippen LogP contribution is -2.31. The molecule has 0 saturated heterocycles. The van der Waals surface area contributed by atoms with Gasteiger partial charge in [-0.05, 0) is 17.7 Å². The Balaban J connectivity index is 2.32. The van der Waals surface area contributed by atoms with Crippen LogP contribution in [0.3, 0.4) is 0 Å². The lowest BCUT2D eigenvalue weighted by molar-refractivity contribution is -0.00340. The highest BCUT2D eigenvalue weighted by molar-refractivity contribution is 9.10. The van der Waals surface area contributed by atoms with Gasteiger partial charge in [0.1, 0.15) is 6.10 Å². The van der Waals surface area contributed by atoms with E-state index >= 15 is 0 Å². The third-order valence-corrected chi connectivity index (χ3v) is 2.36. The van der Waals surface area contributed by atoms with Gasteiger partial charge in [-0.25, -0.2) is 8.78 Å². The van der Waals surface area contributed by atoms with Gasteiger partial charge in [0.05, 0.1) is 0 Å². The summed E-state index contributed by atoms with van der Waals surface area (Å²) in [5.74, 6) is 0. The van der Waals surface area contributed by atoms with E-state index in [0.717, 1.165) is 10.0 Å². The fourth-order valence-corrected chi connectivity index (χ4v) is 1.55. The van der Waals surface area contributed by atoms with Gasteiger partial charge in [-0.3, -0.25) is 0 Å². The van der Waals surface area contributed by atoms with Gasteiger partial charge in [0.15, 0.2) is 0 Å². The Labute approximate surface area is 95.4 Å². The van der Waals surface area contributed by atoms with Crippen LogP contribution in [-0.4, -0.2) is 24.2 Å². The monoisotopic (exact) mass is 279 g/mol. The van der Waals surface area contributed by atoms with Crippen molar-refractivity contribution in [2.45, 2.75) is 19.1 Å². The standard InChI is InChI=1S/C10H12BrF2NO/c11-8-3-1-2-7(4-8)5-14-6-9(15)10(12)13/h1-4,9-10,14-15H,5-6H2. The Hall–Kier alpha value is -0.520. The van der Waals surface area contributed by atoms with Crippen LogP contribution in [-0.2, 0) is 6.54 Å². The number of hydrogen-bond donors (Lipinski definition) is 2. The van der Waals surface area contributed by atoms with Crippen molar-refractivity contribution in [1.82, 2.24) is 5.32 Å². The molecule has 0 aliphatic rings. The fraction of sp³-hybridized carbons (Fsp3) is 0.400. The van der Waals surface area contributed by atoms with Crippen LogP contribution in [0, 0.1) is 0 Å². The molecule has 84 valence electrons. The maximum atomic E-state index is 11.9. The smallest absolute Gasteiger partial charge is 0.265 e. The molecule has 0 bridgehead atoms. The summed E-state index contributed by atoms with van der Waals surface area (Å²) in [4.78, 5) is 0. The molecular weight excluding hydrogens is 268 g/mol. The third kappa shape index (κ3) is 4.68. The van der Waals surface area contributed by atoms with Gasteiger partial charge >= 0.3 is 0 Å². The molecule has 0 radical (unpaired) electrons. The second-order valence-corrected chi connectivity index (χ2v) is 4.08. The van der Waals surface area contributed by atoms with Crippen LogP contribution in [0.2, 0.25) is 0 Å². The Morgan fingerprint density at radius 2 is 2.13 bits per heavy atom. The zero-order valence-electron chi connectivity index (χ0n) is 7.96. The second-order valence-electron chi connectivity index (χ2n) is 3.16. The van der Waals surface area contributed by atoms with E-state index in [1.165, 1.54) is 0 Å². The van der Waals surface area contributed by atoms with Crippen molar-refractivity contribution in [2.24, 2.45) is 0 Å². The highest BCUT2D eigenvalue weighted by Gasteiger charge is 2.15. The van der Waals surface area contributed by atoms with Gasteiger partial charge in [-0.2, -0.15) is 0 Å². The minimum atomic E-state index is -2.69. The van der Waals surface area contributed by atoms with Crippen molar-refractivity contribution >= 4 is 15.9 Å². The van der Waals surface area contributed by atoms with Crippen LogP contribution in [0.4, 0.5) is 8.78 Å². The molecule has 0 aliphatic heterocycles. The van der Waals surface area contributed by atoms with Crippen LogP contribution in [0.1, 0.15) is 5.56 Å². The van der Waals surface area contributed by atoms with E-state index in [9.17, 15) is 8.78 Å². The molecule has 1 unspecified atom stereocenters. The van der Waals surface area contributed by atoms with Crippen molar-refractivity contribution < 1.29 is 13.9 Å². The number of hydrogen-bond acceptors (Lipinski definition) is 2. The first-order valence-electron chi connectivity index (χ1n) is 4.51. The summed E-state index contributed by atoms with van der Waals surface area (Å²) in [6.45, 7) is 0.355. The highest BCUT2D eigenvalue weighted by Crippen LogP contribution is 2.11. The number of aliphatic hydroxyl groups excluding tert-OH is 1. The topological polar surface area (TPSA) is 32.3 Å². The van der Waals surface area contributed by atoms with Crippen molar-refractivity contribution in [3.05, 3.63) is 34.3 Å². The average Bonchev–Trinajstić information content (AvgIpc) is 2.17. The number of alkyl halides is 2. The van der Waals surface area contributed by atoms with Gasteiger partial charge < -0.3 is 10.4 Å². The Morgan fingerprint density at radius 3 is 2.73 bits per heavy atom. The molecule has 0 amide bonds. The summed E-state index contributed by atoms with van der Waals surface area (Å²) in [5, 5.41) is 11.6. The Morgan fingerprint density at radius 1 is 1.40 bits per heavy atom. The number of halogens is 3. The molecule has 0 aliphatic carbocycles. The molecule has 15 heavy (non-hydrogen) atoms. The normalized spacial score (nSPS) is 13.1. The molecule has 1 aromatic carbocycles. The van der Waals surface area contributed by atoms with E-state index in [-0.39, 0.29) is 6.54 Å². The van der Waals surface area contributed by atoms with Gasteiger partial charge in [0.2, 0.25) is 0 Å². The summed E-state index contributed by atoms with van der Waals surface area (Å²) in [5.41, 5.74) is 0.978. The van der Waals surface area contributed by atoms with Crippen LogP contribution in [0.25, 0.3) is 0 Å². The van der Waals surface area contributed by atoms with Crippen molar-refractivity contribution in [3.8, 4) is 0 Å². The van der Waals surface area contributed by atoms with Gasteiger partial charge in [0, 0.05) is 17.6 Å². The van der Waals surface area contributed by atoms with E-state index < -0.39 is 12.5 Å². The molecule has 2 nitrogen and oxygen atoms in total. The molecule has 5 heteroatoms. The predicted octanol–water partition coefficient (Wildman–Crippen LogP) is 2.16. The summed E-state index contributed by atoms with van der Waals surface area (Å²) < 4.78 is 24.8. The minimum Gasteiger partial charge on any atom is -0.386 e. The van der Waals surface area contributed by atoms with E-state index in [2.05, 4.69) is 21.2 Å². The molecule has 0 heterocycles. The highest BCUT2D eigenvalue weighted by atomic mass is 79.9. The maximum Gasteiger partial charge on any atom is 0.265 e. The third-order valence-electron chi connectivity index (χ3n) is 1.86. The van der Waals surface area contributed by atoms with E-state index in [4.69, 9.17) is 5.11 Å². The molecule has 0 saturated carbocycles. The predicted molar refractivity (Wildman–Crippen MR) is 57.9 cm³/mol. The van der Waals surface area contributed by atoms with Crippen molar-refractivity contribution in [2.75, 3.05) is 6.54 Å². The summed E-state index contributed by atoms with van der Waals surface area (Å²) in [6, 6.07) is 7.52. The number of aliphatic hydroxyl groups is 1. The van der Waals surface area contributed by atoms with Crippen molar-refractivity contribution in [1.29, 1.82) is 0 Å². The van der Waals surface area contributed by atoms with Gasteiger partial charge in [0.25, 0.3) is 6.43 Å². The zero-order chi connectivity index (χ0) is 11.3. The zero-order valence-corrected chi connectivity index (χ0v) is 9.55. The quantitative estimate of drug-likeness (QED) is 0.866. The SMILES string of the molecule is OC(CNCc1cccc(Br)c1)C(F)F. The second kappa shape index (κ2) is 6.15. The maximum absolute atomic E-state index is 11.9. The lowest BCUT2D eigenvalue weighted by atomic mass is 10.2. The molecule has 0 fully saturated rings. The van der Waals surface area contributed by atoms with Crippen LogP contribution >= 0.6 is 15.9 Å². The fourth-order valence-electron chi connectivity index (χ4n) is 1.10. The van der Waals surface area contributed by atoms with Crippen LogP contribution in [0.15, 0.2) is 28.7 Å². The molecule has 0 spiro atoms. The van der Waals surface area contributed by atoms with E-state index in [0.29, 0.717) is 6.54 Å². The van der Waals surface area contributed by atoms with Gasteiger partial charge in [-0.15, -0.1) is 0 Å². The Bertz CT molecular complexity index is 309. The van der Waals surface area contributed by atoms with Crippen LogP contribution < -0.4 is 5.32 Å². The first kappa shape index (κ1) is 12.5. The minimum absolute atomic E-state index is 0.107. The largest absolute Gasteiger partial charge is 0.386 e. The molecule has 2 N–H and O–H groups in total. The molecule has 1 atom stereocenters. The summed E-state index contributed by atoms with van der Waals surface area (Å²) in [6.07, 6.45) is -4.29. The summed E-state index contributed by atoms with van der Waals surface area (Å²) in [7, 11) is 0. The molecular formula is C10H12BrF2NO. The summed E-state index contributed by atoms with van der Waals surface area (Å²) >= 11 is 3.31. The van der Waals surface area contributed by atoms with Crippen molar-refractivity contribution in [3.63, 3.8) is 0 Å². The number of rotatable bonds is 5. The average molecular weight is 280 g/mol. The lowest BCUT2D eigenvalue weighted by Gasteiger charge is -2.10. The van der Waals surface area contributed by atoms with Gasteiger partial charge in [-0.1, -0.05) is 28.1 Å². The molecule has 1 rings (SSSR count). The molecule has 0 aromatic heterocycles. The molecule has 1 aromatic rings. The number of benzene rings is 1. The van der Waals surface area contributed by atoms with E-state index in [1.807, 2.05) is 24.3 Å². The first-order valence-corrected chi connectivity index (χ1v) is 5.30. The Kier molecular flexibility index (Phi) is 5.14. The van der Waals surface area contributed by atoms with Crippen LogP contribution in [0.5, 0.6) is 0 Å².